The molecular formula is C16H12Cl2N2O4. The number of hydrogen-bond acceptors (Lipinski definition) is 5. The summed E-state index contributed by atoms with van der Waals surface area (Å²) in [4.78, 5) is 11.7. The summed E-state index contributed by atoms with van der Waals surface area (Å²) in [6, 6.07) is 10.3. The second-order valence-electron chi connectivity index (χ2n) is 4.75. The maximum absolute atomic E-state index is 11.7. The first kappa shape index (κ1) is 16.4. The molecule has 0 atom stereocenters. The molecular weight excluding hydrogens is 355 g/mol. The lowest BCUT2D eigenvalue weighted by atomic mass is 10.2. The molecule has 0 saturated carbocycles. The zero-order valence-corrected chi connectivity index (χ0v) is 13.8. The number of benzene rings is 2. The van der Waals surface area contributed by atoms with Crippen molar-refractivity contribution in [2.75, 3.05) is 13.4 Å². The van der Waals surface area contributed by atoms with Crippen LogP contribution in [0.25, 0.3) is 0 Å². The Morgan fingerprint density at radius 3 is 2.96 bits per heavy atom. The first-order valence-electron chi connectivity index (χ1n) is 6.92. The maximum atomic E-state index is 11.7. The van der Waals surface area contributed by atoms with Crippen molar-refractivity contribution < 1.29 is 19.0 Å². The molecule has 1 heterocycles. The number of halogens is 2. The van der Waals surface area contributed by atoms with E-state index in [1.807, 2.05) is 0 Å². The lowest BCUT2D eigenvalue weighted by Crippen LogP contribution is -2.24. The smallest absolute Gasteiger partial charge is 0.277 e. The number of nitrogens with zero attached hydrogens (tertiary/aromatic N) is 1. The van der Waals surface area contributed by atoms with E-state index in [1.165, 1.54) is 6.21 Å². The van der Waals surface area contributed by atoms with Crippen LogP contribution in [0.15, 0.2) is 41.5 Å². The highest BCUT2D eigenvalue weighted by Gasteiger charge is 2.12. The monoisotopic (exact) mass is 366 g/mol. The zero-order valence-electron chi connectivity index (χ0n) is 12.3. The minimum Gasteiger partial charge on any atom is -0.482 e. The number of carbonyl (C=O) groups excluding carboxylic acids is 1. The summed E-state index contributed by atoms with van der Waals surface area (Å²) >= 11 is 11.8. The third kappa shape index (κ3) is 3.90. The SMILES string of the molecule is O=C(COc1cccc(Cl)c1Cl)N/N=C/c1ccc2c(c1)OCO2. The Bertz CT molecular complexity index is 796. The Balaban J connectivity index is 1.51. The van der Waals surface area contributed by atoms with Crippen LogP contribution >= 0.6 is 23.2 Å². The van der Waals surface area contributed by atoms with Crippen LogP contribution in [0.3, 0.4) is 0 Å². The number of fused-ring (bicyclic) bond motifs is 1. The summed E-state index contributed by atoms with van der Waals surface area (Å²) in [6.45, 7) is -0.0331. The normalized spacial score (nSPS) is 12.4. The fourth-order valence-corrected chi connectivity index (χ4v) is 2.29. The van der Waals surface area contributed by atoms with Gasteiger partial charge < -0.3 is 14.2 Å². The molecule has 2 aromatic rings. The molecule has 1 aliphatic heterocycles. The van der Waals surface area contributed by atoms with E-state index >= 15 is 0 Å². The van der Waals surface area contributed by atoms with E-state index in [0.717, 1.165) is 5.56 Å². The van der Waals surface area contributed by atoms with Gasteiger partial charge in [-0.05, 0) is 35.9 Å². The molecule has 8 heteroatoms. The Labute approximate surface area is 147 Å². The van der Waals surface area contributed by atoms with Crippen molar-refractivity contribution in [1.29, 1.82) is 0 Å². The van der Waals surface area contributed by atoms with E-state index in [4.69, 9.17) is 37.4 Å². The predicted octanol–water partition coefficient (Wildman–Crippen LogP) is 3.25. The molecule has 1 aliphatic rings. The molecule has 1 amide bonds. The molecule has 0 aromatic heterocycles. The standard InChI is InChI=1S/C16H12Cl2N2O4/c17-11-2-1-3-13(16(11)18)22-8-15(21)20-19-7-10-4-5-12-14(6-10)24-9-23-12/h1-7H,8-9H2,(H,20,21)/b19-7+. The van der Waals surface area contributed by atoms with E-state index in [9.17, 15) is 4.79 Å². The zero-order chi connectivity index (χ0) is 16.9. The van der Waals surface area contributed by atoms with Gasteiger partial charge in [0.1, 0.15) is 10.8 Å². The maximum Gasteiger partial charge on any atom is 0.277 e. The highest BCUT2D eigenvalue weighted by Crippen LogP contribution is 2.32. The van der Waals surface area contributed by atoms with Crippen molar-refractivity contribution in [3.63, 3.8) is 0 Å². The summed E-state index contributed by atoms with van der Waals surface area (Å²) in [5.41, 5.74) is 3.12. The molecule has 0 radical (unpaired) electrons. The Morgan fingerprint density at radius 2 is 2.08 bits per heavy atom. The number of carbonyl (C=O) groups is 1. The van der Waals surface area contributed by atoms with Gasteiger partial charge in [0.15, 0.2) is 18.1 Å². The second kappa shape index (κ2) is 7.42. The summed E-state index contributed by atoms with van der Waals surface area (Å²) in [6.07, 6.45) is 1.49. The van der Waals surface area contributed by atoms with E-state index in [0.29, 0.717) is 22.3 Å². The number of rotatable bonds is 5. The van der Waals surface area contributed by atoms with Crippen molar-refractivity contribution in [2.45, 2.75) is 0 Å². The largest absolute Gasteiger partial charge is 0.482 e. The quantitative estimate of drug-likeness (QED) is 0.651. The van der Waals surface area contributed by atoms with Gasteiger partial charge in [0.25, 0.3) is 5.91 Å². The lowest BCUT2D eigenvalue weighted by Gasteiger charge is -2.07. The van der Waals surface area contributed by atoms with E-state index in [-0.39, 0.29) is 18.4 Å². The molecule has 124 valence electrons. The molecule has 3 rings (SSSR count). The average Bonchev–Trinajstić information content (AvgIpc) is 3.04. The molecule has 2 aromatic carbocycles. The summed E-state index contributed by atoms with van der Waals surface area (Å²) in [5.74, 6) is 1.23. The molecule has 0 spiro atoms. The van der Waals surface area contributed by atoms with Gasteiger partial charge >= 0.3 is 0 Å². The number of amides is 1. The van der Waals surface area contributed by atoms with Gasteiger partial charge in [0.05, 0.1) is 11.2 Å². The van der Waals surface area contributed by atoms with Crippen molar-refractivity contribution in [3.8, 4) is 17.2 Å². The summed E-state index contributed by atoms with van der Waals surface area (Å²) < 4.78 is 15.8. The predicted molar refractivity (Wildman–Crippen MR) is 90.3 cm³/mol. The van der Waals surface area contributed by atoms with Crippen molar-refractivity contribution >= 4 is 35.3 Å². The minimum absolute atomic E-state index is 0.204. The van der Waals surface area contributed by atoms with Crippen molar-refractivity contribution in [3.05, 3.63) is 52.0 Å². The second-order valence-corrected chi connectivity index (χ2v) is 5.53. The summed E-state index contributed by atoms with van der Waals surface area (Å²) in [5, 5.41) is 4.48. The fourth-order valence-electron chi connectivity index (χ4n) is 1.94. The first-order chi connectivity index (χ1) is 11.6. The lowest BCUT2D eigenvalue weighted by molar-refractivity contribution is -0.123. The van der Waals surface area contributed by atoms with Gasteiger partial charge in [-0.25, -0.2) is 5.43 Å². The Kier molecular flexibility index (Phi) is 5.08. The van der Waals surface area contributed by atoms with Crippen LogP contribution in [0, 0.1) is 0 Å². The molecule has 0 unspecified atom stereocenters. The molecule has 0 aliphatic carbocycles. The van der Waals surface area contributed by atoms with Crippen molar-refractivity contribution in [1.82, 2.24) is 5.43 Å². The van der Waals surface area contributed by atoms with Gasteiger partial charge in [0.2, 0.25) is 6.79 Å². The highest BCUT2D eigenvalue weighted by molar-refractivity contribution is 6.42. The molecule has 0 fully saturated rings. The van der Waals surface area contributed by atoms with E-state index in [2.05, 4.69) is 10.5 Å². The fraction of sp³-hybridized carbons (Fsp3) is 0.125. The van der Waals surface area contributed by atoms with Gasteiger partial charge in [0, 0.05) is 0 Å². The number of hydrazone groups is 1. The molecule has 0 bridgehead atoms. The molecule has 1 N–H and O–H groups in total. The first-order valence-corrected chi connectivity index (χ1v) is 7.67. The van der Waals surface area contributed by atoms with Crippen LogP contribution in [0.2, 0.25) is 10.0 Å². The van der Waals surface area contributed by atoms with E-state index < -0.39 is 5.91 Å². The molecule has 6 nitrogen and oxygen atoms in total. The van der Waals surface area contributed by atoms with E-state index in [1.54, 1.807) is 36.4 Å². The molecule has 24 heavy (non-hydrogen) atoms. The van der Waals surface area contributed by atoms with Crippen LogP contribution in [0.4, 0.5) is 0 Å². The summed E-state index contributed by atoms with van der Waals surface area (Å²) in [7, 11) is 0. The Hall–Kier alpha value is -2.44. The van der Waals surface area contributed by atoms with Gasteiger partial charge in [-0.3, -0.25) is 4.79 Å². The van der Waals surface area contributed by atoms with Crippen LogP contribution in [-0.4, -0.2) is 25.5 Å². The van der Waals surface area contributed by atoms with Crippen LogP contribution in [-0.2, 0) is 4.79 Å². The number of ether oxygens (including phenoxy) is 3. The Morgan fingerprint density at radius 1 is 1.25 bits per heavy atom. The van der Waals surface area contributed by atoms with Gasteiger partial charge in [-0.2, -0.15) is 5.10 Å². The average molecular weight is 367 g/mol. The minimum atomic E-state index is -0.428. The topological polar surface area (TPSA) is 69.2 Å². The van der Waals surface area contributed by atoms with Gasteiger partial charge in [-0.1, -0.05) is 29.3 Å². The van der Waals surface area contributed by atoms with Crippen LogP contribution in [0.1, 0.15) is 5.56 Å². The third-order valence-electron chi connectivity index (χ3n) is 3.07. The van der Waals surface area contributed by atoms with Crippen LogP contribution < -0.4 is 19.6 Å². The number of nitrogens with one attached hydrogen (secondary N) is 1. The highest BCUT2D eigenvalue weighted by atomic mass is 35.5. The third-order valence-corrected chi connectivity index (χ3v) is 3.88. The van der Waals surface area contributed by atoms with Gasteiger partial charge in [-0.15, -0.1) is 0 Å². The van der Waals surface area contributed by atoms with Crippen LogP contribution in [0.5, 0.6) is 17.2 Å². The molecule has 0 saturated heterocycles. The van der Waals surface area contributed by atoms with Crippen molar-refractivity contribution in [2.24, 2.45) is 5.10 Å². The number of hydrogen-bond donors (Lipinski definition) is 1.